The number of carbonyl (C=O) groups excluding carboxylic acids is 1. The van der Waals surface area contributed by atoms with Crippen LogP contribution in [0.5, 0.6) is 0 Å². The SMILES string of the molecule is Cc1c(N)cccc1C=CC=O. The number of nitrogens with two attached hydrogens (primary N) is 1. The fraction of sp³-hybridized carbons (Fsp3) is 0.100. The van der Waals surface area contributed by atoms with Crippen LogP contribution in [0.4, 0.5) is 5.69 Å². The molecule has 0 aromatic heterocycles. The molecule has 0 spiro atoms. The molecule has 0 unspecified atom stereocenters. The van der Waals surface area contributed by atoms with E-state index < -0.39 is 0 Å². The van der Waals surface area contributed by atoms with Crippen LogP contribution in [-0.2, 0) is 4.79 Å². The molecule has 12 heavy (non-hydrogen) atoms. The van der Waals surface area contributed by atoms with Crippen LogP contribution in [0.15, 0.2) is 24.3 Å². The summed E-state index contributed by atoms with van der Waals surface area (Å²) in [5.74, 6) is 0. The quantitative estimate of drug-likeness (QED) is 0.408. The number of rotatable bonds is 2. The molecular weight excluding hydrogens is 150 g/mol. The number of allylic oxidation sites excluding steroid dienone is 1. The van der Waals surface area contributed by atoms with Crippen molar-refractivity contribution in [2.75, 3.05) is 5.73 Å². The van der Waals surface area contributed by atoms with Gasteiger partial charge in [0.2, 0.25) is 0 Å². The molecule has 0 saturated heterocycles. The molecule has 0 aliphatic rings. The normalized spacial score (nSPS) is 10.4. The summed E-state index contributed by atoms with van der Waals surface area (Å²) in [6.07, 6.45) is 3.96. The third-order valence-electron chi connectivity index (χ3n) is 1.77. The maximum atomic E-state index is 10.1. The van der Waals surface area contributed by atoms with Gasteiger partial charge in [-0.2, -0.15) is 0 Å². The zero-order chi connectivity index (χ0) is 8.97. The van der Waals surface area contributed by atoms with E-state index in [4.69, 9.17) is 5.73 Å². The van der Waals surface area contributed by atoms with Crippen molar-refractivity contribution < 1.29 is 4.79 Å². The van der Waals surface area contributed by atoms with Gasteiger partial charge < -0.3 is 5.73 Å². The number of benzene rings is 1. The Hall–Kier alpha value is -1.57. The Morgan fingerprint density at radius 2 is 2.17 bits per heavy atom. The predicted molar refractivity (Wildman–Crippen MR) is 50.7 cm³/mol. The molecule has 2 nitrogen and oxygen atoms in total. The van der Waals surface area contributed by atoms with Gasteiger partial charge in [0.25, 0.3) is 0 Å². The van der Waals surface area contributed by atoms with E-state index in [1.807, 2.05) is 25.1 Å². The van der Waals surface area contributed by atoms with Crippen LogP contribution < -0.4 is 5.73 Å². The fourth-order valence-corrected chi connectivity index (χ4v) is 0.996. The van der Waals surface area contributed by atoms with Crippen LogP contribution in [0.3, 0.4) is 0 Å². The summed E-state index contributed by atoms with van der Waals surface area (Å²) >= 11 is 0. The van der Waals surface area contributed by atoms with Crippen molar-refractivity contribution in [3.05, 3.63) is 35.4 Å². The van der Waals surface area contributed by atoms with E-state index in [1.165, 1.54) is 6.08 Å². The molecule has 0 atom stereocenters. The van der Waals surface area contributed by atoms with Crippen LogP contribution in [0.2, 0.25) is 0 Å². The number of hydrogen-bond donors (Lipinski definition) is 1. The van der Waals surface area contributed by atoms with Gasteiger partial charge in [-0.3, -0.25) is 4.79 Å². The molecule has 62 valence electrons. The van der Waals surface area contributed by atoms with E-state index in [0.717, 1.165) is 23.1 Å². The Morgan fingerprint density at radius 1 is 1.42 bits per heavy atom. The van der Waals surface area contributed by atoms with Gasteiger partial charge in [0, 0.05) is 5.69 Å². The van der Waals surface area contributed by atoms with Crippen molar-refractivity contribution in [1.82, 2.24) is 0 Å². The van der Waals surface area contributed by atoms with Crippen molar-refractivity contribution in [2.24, 2.45) is 0 Å². The van der Waals surface area contributed by atoms with Gasteiger partial charge in [-0.1, -0.05) is 18.2 Å². The highest BCUT2D eigenvalue weighted by Crippen LogP contribution is 2.16. The standard InChI is InChI=1S/C10H11NO/c1-8-9(5-3-7-12)4-2-6-10(8)11/h2-7H,11H2,1H3. The van der Waals surface area contributed by atoms with Crippen molar-refractivity contribution >= 4 is 18.0 Å². The van der Waals surface area contributed by atoms with Gasteiger partial charge in [-0.25, -0.2) is 0 Å². The molecule has 0 aliphatic heterocycles. The van der Waals surface area contributed by atoms with Crippen molar-refractivity contribution in [2.45, 2.75) is 6.92 Å². The first-order valence-corrected chi connectivity index (χ1v) is 3.72. The minimum Gasteiger partial charge on any atom is -0.398 e. The maximum Gasteiger partial charge on any atom is 0.142 e. The monoisotopic (exact) mass is 161 g/mol. The van der Waals surface area contributed by atoms with Crippen LogP contribution in [-0.4, -0.2) is 6.29 Å². The van der Waals surface area contributed by atoms with Gasteiger partial charge in [-0.15, -0.1) is 0 Å². The second-order valence-electron chi connectivity index (χ2n) is 2.56. The van der Waals surface area contributed by atoms with Gasteiger partial charge in [0.1, 0.15) is 6.29 Å². The molecule has 2 N–H and O–H groups in total. The van der Waals surface area contributed by atoms with E-state index >= 15 is 0 Å². The molecule has 0 bridgehead atoms. The largest absolute Gasteiger partial charge is 0.398 e. The Bertz CT molecular complexity index is 316. The summed E-state index contributed by atoms with van der Waals surface area (Å²) in [4.78, 5) is 10.1. The molecule has 1 rings (SSSR count). The van der Waals surface area contributed by atoms with Gasteiger partial charge in [0.05, 0.1) is 0 Å². The average Bonchev–Trinajstić information content (AvgIpc) is 2.08. The summed E-state index contributed by atoms with van der Waals surface area (Å²) < 4.78 is 0. The van der Waals surface area contributed by atoms with Crippen LogP contribution >= 0.6 is 0 Å². The van der Waals surface area contributed by atoms with Crippen molar-refractivity contribution in [1.29, 1.82) is 0 Å². The van der Waals surface area contributed by atoms with Crippen molar-refractivity contribution in [3.63, 3.8) is 0 Å². The first-order chi connectivity index (χ1) is 5.75. The van der Waals surface area contributed by atoms with E-state index in [1.54, 1.807) is 6.08 Å². The highest BCUT2D eigenvalue weighted by Gasteiger charge is 1.95. The highest BCUT2D eigenvalue weighted by molar-refractivity contribution is 5.75. The minimum atomic E-state index is 0.753. The van der Waals surface area contributed by atoms with Gasteiger partial charge in [0.15, 0.2) is 0 Å². The number of carbonyl (C=O) groups is 1. The maximum absolute atomic E-state index is 10.1. The molecule has 0 radical (unpaired) electrons. The molecule has 0 fully saturated rings. The zero-order valence-corrected chi connectivity index (χ0v) is 6.95. The van der Waals surface area contributed by atoms with Gasteiger partial charge in [-0.05, 0) is 30.2 Å². The Labute approximate surface area is 71.7 Å². The van der Waals surface area contributed by atoms with Gasteiger partial charge >= 0.3 is 0 Å². The molecule has 0 heterocycles. The predicted octanol–water partition coefficient (Wildman–Crippen LogP) is 1.79. The Morgan fingerprint density at radius 3 is 2.83 bits per heavy atom. The second-order valence-corrected chi connectivity index (χ2v) is 2.56. The summed E-state index contributed by atoms with van der Waals surface area (Å²) in [5.41, 5.74) is 8.42. The van der Waals surface area contributed by atoms with E-state index in [0.29, 0.717) is 0 Å². The lowest BCUT2D eigenvalue weighted by Gasteiger charge is -2.02. The van der Waals surface area contributed by atoms with Crippen LogP contribution in [0.25, 0.3) is 6.08 Å². The third kappa shape index (κ3) is 1.72. The second kappa shape index (κ2) is 3.72. The van der Waals surface area contributed by atoms with E-state index in [2.05, 4.69) is 0 Å². The first-order valence-electron chi connectivity index (χ1n) is 3.72. The van der Waals surface area contributed by atoms with E-state index in [-0.39, 0.29) is 0 Å². The molecular formula is C10H11NO. The number of aldehydes is 1. The van der Waals surface area contributed by atoms with Crippen LogP contribution in [0.1, 0.15) is 11.1 Å². The molecule has 0 aliphatic carbocycles. The first kappa shape index (κ1) is 8.53. The summed E-state index contributed by atoms with van der Waals surface area (Å²) in [6.45, 7) is 1.93. The fourth-order valence-electron chi connectivity index (χ4n) is 0.996. The molecule has 0 amide bonds. The smallest absolute Gasteiger partial charge is 0.142 e. The molecule has 2 heteroatoms. The topological polar surface area (TPSA) is 43.1 Å². The summed E-state index contributed by atoms with van der Waals surface area (Å²) in [6, 6.07) is 5.63. The summed E-state index contributed by atoms with van der Waals surface area (Å²) in [5, 5.41) is 0. The third-order valence-corrected chi connectivity index (χ3v) is 1.77. The van der Waals surface area contributed by atoms with Crippen LogP contribution in [0, 0.1) is 6.92 Å². The zero-order valence-electron chi connectivity index (χ0n) is 6.95. The highest BCUT2D eigenvalue weighted by atomic mass is 16.1. The minimum absolute atomic E-state index is 0.753. The summed E-state index contributed by atoms with van der Waals surface area (Å²) in [7, 11) is 0. The number of hydrogen-bond acceptors (Lipinski definition) is 2. The lowest BCUT2D eigenvalue weighted by molar-refractivity contribution is -0.104. The molecule has 1 aromatic rings. The Balaban J connectivity index is 3.07. The lowest BCUT2D eigenvalue weighted by atomic mass is 10.1. The number of anilines is 1. The lowest BCUT2D eigenvalue weighted by Crippen LogP contribution is -1.90. The van der Waals surface area contributed by atoms with Crippen molar-refractivity contribution in [3.8, 4) is 0 Å². The Kier molecular flexibility index (Phi) is 2.64. The molecule has 1 aromatic carbocycles. The average molecular weight is 161 g/mol. The van der Waals surface area contributed by atoms with E-state index in [9.17, 15) is 4.79 Å². The molecule has 0 saturated carbocycles. The number of nitrogen functional groups attached to an aromatic ring is 1.